The number of carbonyl (C=O) groups is 1. The Labute approximate surface area is 179 Å². The minimum absolute atomic E-state index is 0.0961. The highest BCUT2D eigenvalue weighted by Gasteiger charge is 2.13. The third-order valence-corrected chi connectivity index (χ3v) is 5.28. The van der Waals surface area contributed by atoms with Crippen molar-refractivity contribution in [2.75, 3.05) is 5.32 Å². The molecule has 0 spiro atoms. The van der Waals surface area contributed by atoms with E-state index < -0.39 is 0 Å². The third-order valence-electron chi connectivity index (χ3n) is 4.98. The molecule has 0 fully saturated rings. The molecule has 0 bridgehead atoms. The Morgan fingerprint density at radius 1 is 0.900 bits per heavy atom. The second kappa shape index (κ2) is 7.81. The van der Waals surface area contributed by atoms with E-state index in [2.05, 4.69) is 5.32 Å². The summed E-state index contributed by atoms with van der Waals surface area (Å²) >= 11 is 6.29. The maximum absolute atomic E-state index is 12.7. The van der Waals surface area contributed by atoms with Crippen LogP contribution in [0.15, 0.2) is 69.9 Å². The van der Waals surface area contributed by atoms with Crippen LogP contribution in [0.1, 0.15) is 27.0 Å². The van der Waals surface area contributed by atoms with Gasteiger partial charge in [-0.15, -0.1) is 0 Å². The van der Waals surface area contributed by atoms with Crippen molar-refractivity contribution in [2.45, 2.75) is 20.8 Å². The fourth-order valence-electron chi connectivity index (χ4n) is 3.46. The van der Waals surface area contributed by atoms with Gasteiger partial charge in [-0.1, -0.05) is 41.4 Å². The van der Waals surface area contributed by atoms with Crippen LogP contribution in [0.5, 0.6) is 0 Å². The summed E-state index contributed by atoms with van der Waals surface area (Å²) in [5.74, 6) is 0.201. The molecule has 1 heterocycles. The molecule has 1 amide bonds. The van der Waals surface area contributed by atoms with E-state index in [1.165, 1.54) is 6.07 Å². The number of fused-ring (bicyclic) bond motifs is 1. The van der Waals surface area contributed by atoms with Crippen LogP contribution in [0.4, 0.5) is 5.69 Å². The molecule has 0 aliphatic rings. The fourth-order valence-corrected chi connectivity index (χ4v) is 3.83. The molecule has 1 N–H and O–H groups in total. The minimum Gasteiger partial charge on any atom is -0.456 e. The summed E-state index contributed by atoms with van der Waals surface area (Å²) in [5, 5.41) is 3.94. The first-order valence-electron chi connectivity index (χ1n) is 9.55. The number of anilines is 1. The van der Waals surface area contributed by atoms with Crippen LogP contribution < -0.4 is 10.7 Å². The SMILES string of the molecule is Cc1cc(C)c(NC(=O)c2ccc(-c3cc(=O)c4cc(C)ccc4o3)cc2)c(Cl)c1. The first-order valence-corrected chi connectivity index (χ1v) is 9.92. The standard InChI is InChI=1S/C25H20ClNO3/c1-14-4-9-22-19(11-14)21(28)13-23(30-22)17-5-7-18(8-6-17)25(29)27-24-16(3)10-15(2)12-20(24)26/h4-13H,1-3H3,(H,27,29). The van der Waals surface area contributed by atoms with E-state index in [1.54, 1.807) is 30.3 Å². The summed E-state index contributed by atoms with van der Waals surface area (Å²) in [4.78, 5) is 25.1. The average molecular weight is 418 g/mol. The highest BCUT2D eigenvalue weighted by atomic mass is 35.5. The summed E-state index contributed by atoms with van der Waals surface area (Å²) in [6, 6.07) is 17.7. The first kappa shape index (κ1) is 19.9. The Balaban J connectivity index is 1.62. The van der Waals surface area contributed by atoms with Gasteiger partial charge in [0.2, 0.25) is 0 Å². The van der Waals surface area contributed by atoms with E-state index in [-0.39, 0.29) is 11.3 Å². The molecule has 4 aromatic rings. The van der Waals surface area contributed by atoms with Crippen molar-refractivity contribution in [2.24, 2.45) is 0 Å². The number of amides is 1. The number of hydrogen-bond donors (Lipinski definition) is 1. The minimum atomic E-state index is -0.258. The van der Waals surface area contributed by atoms with Gasteiger partial charge in [0.15, 0.2) is 5.43 Å². The largest absolute Gasteiger partial charge is 0.456 e. The third kappa shape index (κ3) is 3.87. The summed E-state index contributed by atoms with van der Waals surface area (Å²) in [6.45, 7) is 5.79. The molecule has 0 atom stereocenters. The van der Waals surface area contributed by atoms with Crippen molar-refractivity contribution < 1.29 is 9.21 Å². The maximum Gasteiger partial charge on any atom is 0.255 e. The number of nitrogens with one attached hydrogen (secondary N) is 1. The molecule has 3 aromatic carbocycles. The zero-order chi connectivity index (χ0) is 21.4. The lowest BCUT2D eigenvalue weighted by Gasteiger charge is -2.12. The smallest absolute Gasteiger partial charge is 0.255 e. The Morgan fingerprint density at radius 2 is 1.63 bits per heavy atom. The summed E-state index contributed by atoms with van der Waals surface area (Å²) in [6.07, 6.45) is 0. The van der Waals surface area contributed by atoms with Crippen molar-refractivity contribution in [3.8, 4) is 11.3 Å². The van der Waals surface area contributed by atoms with Crippen LogP contribution in [0.25, 0.3) is 22.3 Å². The van der Waals surface area contributed by atoms with E-state index in [1.807, 2.05) is 45.0 Å². The lowest BCUT2D eigenvalue weighted by atomic mass is 10.1. The Bertz CT molecular complexity index is 1310. The van der Waals surface area contributed by atoms with E-state index in [0.29, 0.717) is 33.0 Å². The monoisotopic (exact) mass is 417 g/mol. The van der Waals surface area contributed by atoms with E-state index >= 15 is 0 Å². The molecule has 150 valence electrons. The van der Waals surface area contributed by atoms with E-state index in [0.717, 1.165) is 22.3 Å². The zero-order valence-corrected chi connectivity index (χ0v) is 17.6. The van der Waals surface area contributed by atoms with E-state index in [9.17, 15) is 9.59 Å². The van der Waals surface area contributed by atoms with Crippen molar-refractivity contribution in [1.29, 1.82) is 0 Å². The molecule has 0 saturated heterocycles. The maximum atomic E-state index is 12.7. The predicted molar refractivity (Wildman–Crippen MR) is 122 cm³/mol. The topological polar surface area (TPSA) is 59.3 Å². The molecule has 4 rings (SSSR count). The van der Waals surface area contributed by atoms with Gasteiger partial charge in [0.25, 0.3) is 5.91 Å². The highest BCUT2D eigenvalue weighted by molar-refractivity contribution is 6.34. The summed E-state index contributed by atoms with van der Waals surface area (Å²) in [7, 11) is 0. The van der Waals surface area contributed by atoms with Gasteiger partial charge in [-0.05, 0) is 62.2 Å². The van der Waals surface area contributed by atoms with Crippen LogP contribution in [0, 0.1) is 20.8 Å². The second-order valence-electron chi connectivity index (χ2n) is 7.44. The number of benzene rings is 3. The van der Waals surface area contributed by atoms with Crippen molar-refractivity contribution in [3.63, 3.8) is 0 Å². The number of hydrogen-bond acceptors (Lipinski definition) is 3. The highest BCUT2D eigenvalue weighted by Crippen LogP contribution is 2.28. The van der Waals surface area contributed by atoms with Crippen LogP contribution in [0.3, 0.4) is 0 Å². The molecule has 1 aromatic heterocycles. The zero-order valence-electron chi connectivity index (χ0n) is 16.9. The Hall–Kier alpha value is -3.37. The number of halogens is 1. The summed E-state index contributed by atoms with van der Waals surface area (Å²) < 4.78 is 5.90. The normalized spacial score (nSPS) is 10.9. The number of carbonyl (C=O) groups excluding carboxylic acids is 1. The number of rotatable bonds is 3. The number of aryl methyl sites for hydroxylation is 3. The molecule has 0 unspecified atom stereocenters. The summed E-state index contributed by atoms with van der Waals surface area (Å²) in [5.41, 5.74) is 5.18. The van der Waals surface area contributed by atoms with Crippen LogP contribution in [0.2, 0.25) is 5.02 Å². The Morgan fingerprint density at radius 3 is 2.33 bits per heavy atom. The second-order valence-corrected chi connectivity index (χ2v) is 7.85. The van der Waals surface area contributed by atoms with Crippen molar-refractivity contribution >= 4 is 34.2 Å². The molecular weight excluding hydrogens is 398 g/mol. The molecule has 5 heteroatoms. The van der Waals surface area contributed by atoms with Crippen LogP contribution in [-0.2, 0) is 0 Å². The molecule has 0 aliphatic heterocycles. The lowest BCUT2D eigenvalue weighted by Crippen LogP contribution is -2.13. The van der Waals surface area contributed by atoms with Crippen molar-refractivity contribution in [1.82, 2.24) is 0 Å². The quantitative estimate of drug-likeness (QED) is 0.426. The molecule has 0 saturated carbocycles. The molecular formula is C25H20ClNO3. The van der Waals surface area contributed by atoms with Crippen LogP contribution in [-0.4, -0.2) is 5.91 Å². The predicted octanol–water partition coefficient (Wildman–Crippen LogP) is 6.29. The van der Waals surface area contributed by atoms with Gasteiger partial charge < -0.3 is 9.73 Å². The van der Waals surface area contributed by atoms with Crippen molar-refractivity contribution in [3.05, 3.63) is 98.2 Å². The molecule has 30 heavy (non-hydrogen) atoms. The van der Waals surface area contributed by atoms with Gasteiger partial charge in [0, 0.05) is 17.2 Å². The molecule has 4 nitrogen and oxygen atoms in total. The van der Waals surface area contributed by atoms with Gasteiger partial charge in [-0.2, -0.15) is 0 Å². The van der Waals surface area contributed by atoms with Gasteiger partial charge in [0.05, 0.1) is 16.1 Å². The van der Waals surface area contributed by atoms with Gasteiger partial charge in [-0.3, -0.25) is 9.59 Å². The van der Waals surface area contributed by atoms with Gasteiger partial charge >= 0.3 is 0 Å². The Kier molecular flexibility index (Phi) is 5.18. The van der Waals surface area contributed by atoms with Crippen LogP contribution >= 0.6 is 11.6 Å². The van der Waals surface area contributed by atoms with E-state index in [4.69, 9.17) is 16.0 Å². The molecule has 0 radical (unpaired) electrons. The average Bonchev–Trinajstić information content (AvgIpc) is 2.71. The first-order chi connectivity index (χ1) is 14.3. The van der Waals surface area contributed by atoms with Gasteiger partial charge in [-0.25, -0.2) is 0 Å². The molecule has 0 aliphatic carbocycles. The fraction of sp³-hybridized carbons (Fsp3) is 0.120. The van der Waals surface area contributed by atoms with Gasteiger partial charge in [0.1, 0.15) is 11.3 Å². The lowest BCUT2D eigenvalue weighted by molar-refractivity contribution is 0.102.